The molecule has 2 heteroatoms. The molecule has 2 rings (SSSR count). The molecule has 1 nitrogen and oxygen atoms in total. The molecule has 1 aromatic carbocycles. The van der Waals surface area contributed by atoms with Crippen LogP contribution in [0.25, 0.3) is 0 Å². The molecule has 0 saturated heterocycles. The molecule has 1 aromatic rings. The van der Waals surface area contributed by atoms with Gasteiger partial charge in [0, 0.05) is 17.6 Å². The van der Waals surface area contributed by atoms with Gasteiger partial charge in [0.1, 0.15) is 0 Å². The van der Waals surface area contributed by atoms with Crippen molar-refractivity contribution in [3.63, 3.8) is 0 Å². The van der Waals surface area contributed by atoms with E-state index in [-0.39, 0.29) is 0 Å². The Kier molecular flexibility index (Phi) is 3.06. The first-order chi connectivity index (χ1) is 7.13. The zero-order valence-corrected chi connectivity index (χ0v) is 11.3. The highest BCUT2D eigenvalue weighted by Gasteiger charge is 2.21. The summed E-state index contributed by atoms with van der Waals surface area (Å²) in [6.45, 7) is 9.00. The smallest absolute Gasteiger partial charge is 0.0544 e. The first-order valence-electron chi connectivity index (χ1n) is 5.70. The van der Waals surface area contributed by atoms with Crippen molar-refractivity contribution in [3.05, 3.63) is 27.7 Å². The highest BCUT2D eigenvalue weighted by molar-refractivity contribution is 9.10. The second-order valence-electron chi connectivity index (χ2n) is 4.49. The van der Waals surface area contributed by atoms with Crippen LogP contribution in [0.5, 0.6) is 0 Å². The summed E-state index contributed by atoms with van der Waals surface area (Å²) in [6.07, 6.45) is 1.20. The number of nitrogens with zero attached hydrogens (tertiary/aromatic N) is 1. The fourth-order valence-corrected chi connectivity index (χ4v) is 3.01. The number of fused-ring (bicyclic) bond motifs is 1. The van der Waals surface area contributed by atoms with E-state index in [1.54, 1.807) is 0 Å². The SMILES string of the molecule is CCN1CCc2cc(C(C)C)cc(Br)c21. The maximum Gasteiger partial charge on any atom is 0.0544 e. The van der Waals surface area contributed by atoms with E-state index in [9.17, 15) is 0 Å². The van der Waals surface area contributed by atoms with E-state index in [0.29, 0.717) is 5.92 Å². The zero-order chi connectivity index (χ0) is 11.0. The molecule has 0 saturated carbocycles. The Bertz CT molecular complexity index is 371. The zero-order valence-electron chi connectivity index (χ0n) is 9.68. The molecular formula is C13H18BrN. The number of anilines is 1. The van der Waals surface area contributed by atoms with Crippen molar-refractivity contribution in [2.75, 3.05) is 18.0 Å². The van der Waals surface area contributed by atoms with E-state index in [1.807, 2.05) is 0 Å². The highest BCUT2D eigenvalue weighted by Crippen LogP contribution is 2.37. The van der Waals surface area contributed by atoms with Crippen LogP contribution in [0.2, 0.25) is 0 Å². The summed E-state index contributed by atoms with van der Waals surface area (Å²) in [5.41, 5.74) is 4.37. The largest absolute Gasteiger partial charge is 0.370 e. The third kappa shape index (κ3) is 1.92. The number of benzene rings is 1. The lowest BCUT2D eigenvalue weighted by Gasteiger charge is -2.19. The Labute approximate surface area is 101 Å². The van der Waals surface area contributed by atoms with Crippen LogP contribution in [-0.2, 0) is 6.42 Å². The predicted octanol–water partition coefficient (Wildman–Crippen LogP) is 3.95. The van der Waals surface area contributed by atoms with Gasteiger partial charge in [-0.3, -0.25) is 0 Å². The minimum Gasteiger partial charge on any atom is -0.370 e. The van der Waals surface area contributed by atoms with Crippen LogP contribution in [0, 0.1) is 0 Å². The summed E-state index contributed by atoms with van der Waals surface area (Å²) < 4.78 is 1.27. The summed E-state index contributed by atoms with van der Waals surface area (Å²) in [5, 5.41) is 0. The van der Waals surface area contributed by atoms with Gasteiger partial charge < -0.3 is 4.90 Å². The molecule has 0 spiro atoms. The number of hydrogen-bond acceptors (Lipinski definition) is 1. The van der Waals surface area contributed by atoms with Crippen molar-refractivity contribution in [3.8, 4) is 0 Å². The van der Waals surface area contributed by atoms with E-state index in [0.717, 1.165) is 6.54 Å². The van der Waals surface area contributed by atoms with Crippen molar-refractivity contribution in [2.24, 2.45) is 0 Å². The van der Waals surface area contributed by atoms with Crippen LogP contribution in [0.3, 0.4) is 0 Å². The van der Waals surface area contributed by atoms with E-state index in [1.165, 1.54) is 34.3 Å². The summed E-state index contributed by atoms with van der Waals surface area (Å²) in [6, 6.07) is 4.65. The van der Waals surface area contributed by atoms with Crippen LogP contribution < -0.4 is 4.90 Å². The highest BCUT2D eigenvalue weighted by atomic mass is 79.9. The maximum absolute atomic E-state index is 3.71. The average Bonchev–Trinajstić information content (AvgIpc) is 2.60. The summed E-state index contributed by atoms with van der Waals surface area (Å²) in [4.78, 5) is 2.45. The van der Waals surface area contributed by atoms with E-state index < -0.39 is 0 Å². The van der Waals surface area contributed by atoms with Crippen LogP contribution in [0.15, 0.2) is 16.6 Å². The van der Waals surface area contributed by atoms with Gasteiger partial charge in [0.15, 0.2) is 0 Å². The Morgan fingerprint density at radius 2 is 2.13 bits per heavy atom. The third-order valence-electron chi connectivity index (χ3n) is 3.18. The van der Waals surface area contributed by atoms with Crippen LogP contribution >= 0.6 is 15.9 Å². The number of hydrogen-bond donors (Lipinski definition) is 0. The minimum absolute atomic E-state index is 0.613. The number of halogens is 1. The van der Waals surface area contributed by atoms with Crippen LogP contribution in [0.1, 0.15) is 37.8 Å². The third-order valence-corrected chi connectivity index (χ3v) is 3.78. The molecule has 0 N–H and O–H groups in total. The van der Waals surface area contributed by atoms with E-state index in [2.05, 4.69) is 53.7 Å². The molecule has 82 valence electrons. The van der Waals surface area contributed by atoms with Gasteiger partial charge >= 0.3 is 0 Å². The lowest BCUT2D eigenvalue weighted by molar-refractivity contribution is 0.863. The second kappa shape index (κ2) is 4.17. The van der Waals surface area contributed by atoms with Gasteiger partial charge in [-0.1, -0.05) is 19.9 Å². The first kappa shape index (κ1) is 11.0. The van der Waals surface area contributed by atoms with E-state index >= 15 is 0 Å². The molecule has 1 heterocycles. The maximum atomic E-state index is 3.71. The van der Waals surface area contributed by atoms with Crippen molar-refractivity contribution < 1.29 is 0 Å². The quantitative estimate of drug-likeness (QED) is 0.784. The molecule has 0 bridgehead atoms. The van der Waals surface area contributed by atoms with Crippen molar-refractivity contribution in [1.29, 1.82) is 0 Å². The fraction of sp³-hybridized carbons (Fsp3) is 0.538. The molecule has 0 atom stereocenters. The van der Waals surface area contributed by atoms with E-state index in [4.69, 9.17) is 0 Å². The molecule has 1 aliphatic rings. The van der Waals surface area contributed by atoms with Gasteiger partial charge in [-0.2, -0.15) is 0 Å². The normalized spacial score (nSPS) is 14.9. The van der Waals surface area contributed by atoms with Gasteiger partial charge in [-0.05, 0) is 52.4 Å². The van der Waals surface area contributed by atoms with Gasteiger partial charge in [0.05, 0.1) is 5.69 Å². The molecule has 0 unspecified atom stereocenters. The van der Waals surface area contributed by atoms with Crippen LogP contribution in [0.4, 0.5) is 5.69 Å². The second-order valence-corrected chi connectivity index (χ2v) is 5.35. The lowest BCUT2D eigenvalue weighted by Crippen LogP contribution is -2.19. The molecule has 1 aliphatic heterocycles. The standard InChI is InChI=1S/C13H18BrN/c1-4-15-6-5-10-7-11(9(2)3)8-12(14)13(10)15/h7-9H,4-6H2,1-3H3. The Balaban J connectivity index is 2.46. The molecule has 0 amide bonds. The molecule has 0 fully saturated rings. The summed E-state index contributed by atoms with van der Waals surface area (Å²) >= 11 is 3.71. The minimum atomic E-state index is 0.613. The Morgan fingerprint density at radius 1 is 1.40 bits per heavy atom. The monoisotopic (exact) mass is 267 g/mol. The number of likely N-dealkylation sites (N-methyl/N-ethyl adjacent to an activating group) is 1. The predicted molar refractivity (Wildman–Crippen MR) is 69.8 cm³/mol. The fourth-order valence-electron chi connectivity index (χ4n) is 2.24. The summed E-state index contributed by atoms with van der Waals surface area (Å²) in [7, 11) is 0. The first-order valence-corrected chi connectivity index (χ1v) is 6.50. The van der Waals surface area contributed by atoms with Crippen molar-refractivity contribution in [2.45, 2.75) is 33.1 Å². The van der Waals surface area contributed by atoms with Crippen molar-refractivity contribution in [1.82, 2.24) is 0 Å². The Morgan fingerprint density at radius 3 is 2.73 bits per heavy atom. The Hall–Kier alpha value is -0.500. The van der Waals surface area contributed by atoms with Crippen molar-refractivity contribution >= 4 is 21.6 Å². The molecule has 0 aliphatic carbocycles. The van der Waals surface area contributed by atoms with Crippen LogP contribution in [-0.4, -0.2) is 13.1 Å². The molecule has 0 radical (unpaired) electrons. The summed E-state index contributed by atoms with van der Waals surface area (Å²) in [5.74, 6) is 0.613. The topological polar surface area (TPSA) is 3.24 Å². The van der Waals surface area contributed by atoms with Gasteiger partial charge in [-0.25, -0.2) is 0 Å². The van der Waals surface area contributed by atoms with Gasteiger partial charge in [0.2, 0.25) is 0 Å². The number of rotatable bonds is 2. The van der Waals surface area contributed by atoms with Gasteiger partial charge in [-0.15, -0.1) is 0 Å². The molecule has 15 heavy (non-hydrogen) atoms. The lowest BCUT2D eigenvalue weighted by atomic mass is 10.00. The average molecular weight is 268 g/mol. The molecular weight excluding hydrogens is 250 g/mol. The molecule has 0 aromatic heterocycles. The van der Waals surface area contributed by atoms with Gasteiger partial charge in [0.25, 0.3) is 0 Å².